The molecule has 23 heavy (non-hydrogen) atoms. The Morgan fingerprint density at radius 1 is 1.22 bits per heavy atom. The van der Waals surface area contributed by atoms with Gasteiger partial charge in [0.15, 0.2) is 0 Å². The number of aliphatic hydroxyl groups excluding tert-OH is 1. The van der Waals surface area contributed by atoms with E-state index in [9.17, 15) is 14.7 Å². The SMILES string of the molecule is COc1ccccc1CNC(=O)C(=O)NCC(O)c1ccoc1. The van der Waals surface area contributed by atoms with Gasteiger partial charge in [-0.1, -0.05) is 18.2 Å². The molecule has 1 heterocycles. The minimum absolute atomic E-state index is 0.0829. The Morgan fingerprint density at radius 3 is 2.65 bits per heavy atom. The Labute approximate surface area is 133 Å². The lowest BCUT2D eigenvalue weighted by atomic mass is 10.2. The van der Waals surface area contributed by atoms with Crippen LogP contribution in [0.1, 0.15) is 17.2 Å². The number of rotatable bonds is 6. The summed E-state index contributed by atoms with van der Waals surface area (Å²) in [4.78, 5) is 23.5. The van der Waals surface area contributed by atoms with E-state index in [0.29, 0.717) is 11.3 Å². The highest BCUT2D eigenvalue weighted by Gasteiger charge is 2.16. The molecule has 0 fully saturated rings. The van der Waals surface area contributed by atoms with Crippen molar-refractivity contribution in [3.63, 3.8) is 0 Å². The van der Waals surface area contributed by atoms with E-state index in [0.717, 1.165) is 5.56 Å². The molecular weight excluding hydrogens is 300 g/mol. The fourth-order valence-corrected chi connectivity index (χ4v) is 1.96. The van der Waals surface area contributed by atoms with Crippen LogP contribution < -0.4 is 15.4 Å². The lowest BCUT2D eigenvalue weighted by Crippen LogP contribution is -2.41. The van der Waals surface area contributed by atoms with E-state index in [4.69, 9.17) is 9.15 Å². The molecule has 7 heteroatoms. The Kier molecular flexibility index (Phi) is 5.76. The number of aliphatic hydroxyl groups is 1. The third-order valence-corrected chi connectivity index (χ3v) is 3.22. The molecule has 1 aromatic heterocycles. The summed E-state index contributed by atoms with van der Waals surface area (Å²) in [7, 11) is 1.53. The van der Waals surface area contributed by atoms with Crippen LogP contribution in [-0.4, -0.2) is 30.6 Å². The molecule has 1 aromatic carbocycles. The molecule has 0 bridgehead atoms. The van der Waals surface area contributed by atoms with Gasteiger partial charge in [0.2, 0.25) is 0 Å². The Bertz CT molecular complexity index is 654. The second-order valence-corrected chi connectivity index (χ2v) is 4.78. The first-order valence-corrected chi connectivity index (χ1v) is 7.00. The summed E-state index contributed by atoms with van der Waals surface area (Å²) < 4.78 is 10.0. The lowest BCUT2D eigenvalue weighted by Gasteiger charge is -2.11. The molecule has 0 saturated carbocycles. The van der Waals surface area contributed by atoms with Gasteiger partial charge in [0.25, 0.3) is 0 Å². The van der Waals surface area contributed by atoms with Crippen LogP contribution in [0.3, 0.4) is 0 Å². The number of ether oxygens (including phenoxy) is 1. The van der Waals surface area contributed by atoms with Crippen LogP contribution in [0.2, 0.25) is 0 Å². The first kappa shape index (κ1) is 16.6. The van der Waals surface area contributed by atoms with Crippen LogP contribution in [0.4, 0.5) is 0 Å². The molecule has 7 nitrogen and oxygen atoms in total. The monoisotopic (exact) mass is 318 g/mol. The Morgan fingerprint density at radius 2 is 1.96 bits per heavy atom. The van der Waals surface area contributed by atoms with Crippen LogP contribution in [0.5, 0.6) is 5.75 Å². The molecule has 2 rings (SSSR count). The van der Waals surface area contributed by atoms with Gasteiger partial charge >= 0.3 is 11.8 Å². The van der Waals surface area contributed by atoms with Crippen LogP contribution in [0.25, 0.3) is 0 Å². The number of hydrogen-bond acceptors (Lipinski definition) is 5. The Balaban J connectivity index is 1.80. The predicted octanol–water partition coefficient (Wildman–Crippen LogP) is 0.754. The largest absolute Gasteiger partial charge is 0.496 e. The molecule has 1 unspecified atom stereocenters. The number of hydrogen-bond donors (Lipinski definition) is 3. The van der Waals surface area contributed by atoms with Crippen molar-refractivity contribution in [2.45, 2.75) is 12.6 Å². The van der Waals surface area contributed by atoms with Crippen molar-refractivity contribution in [1.82, 2.24) is 10.6 Å². The van der Waals surface area contributed by atoms with Gasteiger partial charge in [-0.3, -0.25) is 9.59 Å². The number of amides is 2. The summed E-state index contributed by atoms with van der Waals surface area (Å²) in [5.74, 6) is -0.971. The second kappa shape index (κ2) is 8.00. The van der Waals surface area contributed by atoms with Crippen molar-refractivity contribution >= 4 is 11.8 Å². The van der Waals surface area contributed by atoms with Gasteiger partial charge in [0.1, 0.15) is 5.75 Å². The van der Waals surface area contributed by atoms with E-state index < -0.39 is 17.9 Å². The first-order chi connectivity index (χ1) is 11.1. The summed E-state index contributed by atoms with van der Waals surface area (Å²) in [6.07, 6.45) is 1.86. The summed E-state index contributed by atoms with van der Waals surface area (Å²) in [5, 5.41) is 14.7. The zero-order valence-electron chi connectivity index (χ0n) is 12.6. The number of para-hydroxylation sites is 1. The molecule has 0 saturated heterocycles. The van der Waals surface area contributed by atoms with Crippen molar-refractivity contribution in [3.8, 4) is 5.75 Å². The van der Waals surface area contributed by atoms with Crippen LogP contribution in [-0.2, 0) is 16.1 Å². The molecular formula is C16H18N2O5. The fourth-order valence-electron chi connectivity index (χ4n) is 1.96. The van der Waals surface area contributed by atoms with Crippen molar-refractivity contribution in [1.29, 1.82) is 0 Å². The van der Waals surface area contributed by atoms with E-state index in [1.54, 1.807) is 18.2 Å². The number of benzene rings is 1. The van der Waals surface area contributed by atoms with Crippen molar-refractivity contribution in [2.75, 3.05) is 13.7 Å². The first-order valence-electron chi connectivity index (χ1n) is 7.00. The molecule has 0 radical (unpaired) electrons. The average molecular weight is 318 g/mol. The quantitative estimate of drug-likeness (QED) is 0.683. The summed E-state index contributed by atoms with van der Waals surface area (Å²) in [5.41, 5.74) is 1.29. The minimum atomic E-state index is -0.931. The van der Waals surface area contributed by atoms with E-state index in [1.807, 2.05) is 12.1 Å². The number of furan rings is 1. The predicted molar refractivity (Wildman–Crippen MR) is 81.5 cm³/mol. The Hall–Kier alpha value is -2.80. The molecule has 0 aliphatic heterocycles. The molecule has 2 aromatic rings. The van der Waals surface area contributed by atoms with E-state index in [2.05, 4.69) is 10.6 Å². The van der Waals surface area contributed by atoms with Crippen molar-refractivity contribution < 1.29 is 23.8 Å². The molecule has 0 aliphatic rings. The van der Waals surface area contributed by atoms with E-state index >= 15 is 0 Å². The molecule has 2 amide bonds. The second-order valence-electron chi connectivity index (χ2n) is 4.78. The van der Waals surface area contributed by atoms with Gasteiger partial charge < -0.3 is 24.9 Å². The standard InChI is InChI=1S/C16H18N2O5/c1-22-14-5-3-2-4-11(14)8-17-15(20)16(21)18-9-13(19)12-6-7-23-10-12/h2-7,10,13,19H,8-9H2,1H3,(H,17,20)(H,18,21). The maximum absolute atomic E-state index is 11.8. The zero-order valence-corrected chi connectivity index (χ0v) is 12.6. The van der Waals surface area contributed by atoms with Gasteiger partial charge in [-0.25, -0.2) is 0 Å². The average Bonchev–Trinajstić information content (AvgIpc) is 3.12. The zero-order chi connectivity index (χ0) is 16.7. The van der Waals surface area contributed by atoms with E-state index in [-0.39, 0.29) is 13.1 Å². The van der Waals surface area contributed by atoms with Crippen LogP contribution in [0, 0.1) is 0 Å². The number of nitrogens with one attached hydrogen (secondary N) is 2. The highest BCUT2D eigenvalue weighted by Crippen LogP contribution is 2.16. The smallest absolute Gasteiger partial charge is 0.309 e. The van der Waals surface area contributed by atoms with Gasteiger partial charge in [-0.15, -0.1) is 0 Å². The molecule has 0 spiro atoms. The lowest BCUT2D eigenvalue weighted by molar-refractivity contribution is -0.139. The molecule has 0 aliphatic carbocycles. The highest BCUT2D eigenvalue weighted by molar-refractivity contribution is 6.35. The number of carbonyl (C=O) groups excluding carboxylic acids is 2. The topological polar surface area (TPSA) is 101 Å². The van der Waals surface area contributed by atoms with Crippen molar-refractivity contribution in [3.05, 3.63) is 54.0 Å². The van der Waals surface area contributed by atoms with Gasteiger partial charge in [0.05, 0.1) is 25.7 Å². The van der Waals surface area contributed by atoms with E-state index in [1.165, 1.54) is 19.6 Å². The summed E-state index contributed by atoms with van der Waals surface area (Å²) in [6, 6.07) is 8.76. The van der Waals surface area contributed by atoms with Crippen molar-refractivity contribution in [2.24, 2.45) is 0 Å². The molecule has 3 N–H and O–H groups in total. The molecule has 122 valence electrons. The van der Waals surface area contributed by atoms with Gasteiger partial charge in [-0.05, 0) is 12.1 Å². The van der Waals surface area contributed by atoms with Gasteiger partial charge in [0, 0.05) is 24.2 Å². The maximum atomic E-state index is 11.8. The fraction of sp³-hybridized carbons (Fsp3) is 0.250. The van der Waals surface area contributed by atoms with Gasteiger partial charge in [-0.2, -0.15) is 0 Å². The summed E-state index contributed by atoms with van der Waals surface area (Å²) in [6.45, 7) is 0.0843. The normalized spacial score (nSPS) is 11.6. The third kappa shape index (κ3) is 4.58. The molecule has 1 atom stereocenters. The minimum Gasteiger partial charge on any atom is -0.496 e. The maximum Gasteiger partial charge on any atom is 0.309 e. The van der Waals surface area contributed by atoms with Crippen LogP contribution >= 0.6 is 0 Å². The third-order valence-electron chi connectivity index (χ3n) is 3.22. The number of carbonyl (C=O) groups is 2. The summed E-state index contributed by atoms with van der Waals surface area (Å²) >= 11 is 0. The van der Waals surface area contributed by atoms with Crippen LogP contribution in [0.15, 0.2) is 47.3 Å². The highest BCUT2D eigenvalue weighted by atomic mass is 16.5. The number of methoxy groups -OCH3 is 1.